The average molecular weight is 602 g/mol. The maximum absolute atomic E-state index is 12.9. The van der Waals surface area contributed by atoms with Gasteiger partial charge in [0.05, 0.1) is 42.5 Å². The molecule has 8 nitrogen and oxygen atoms in total. The van der Waals surface area contributed by atoms with Crippen molar-refractivity contribution in [3.63, 3.8) is 0 Å². The van der Waals surface area contributed by atoms with Gasteiger partial charge < -0.3 is 19.9 Å². The number of hydrogen-bond donors (Lipinski definition) is 2. The molecule has 0 spiro atoms. The van der Waals surface area contributed by atoms with Gasteiger partial charge in [-0.2, -0.15) is 0 Å². The number of hydrogen-bond acceptors (Lipinski definition) is 9. The van der Waals surface area contributed by atoms with Gasteiger partial charge in [0.1, 0.15) is 33.1 Å². The van der Waals surface area contributed by atoms with E-state index in [0.717, 1.165) is 37.2 Å². The highest BCUT2D eigenvalue weighted by Gasteiger charge is 2.12. The number of benzene rings is 4. The van der Waals surface area contributed by atoms with Crippen LogP contribution in [0, 0.1) is 15.9 Å². The second kappa shape index (κ2) is 14.4. The van der Waals surface area contributed by atoms with Crippen molar-refractivity contribution in [2.45, 2.75) is 4.90 Å². The Labute approximate surface area is 244 Å². The van der Waals surface area contributed by atoms with Gasteiger partial charge in [-0.05, 0) is 60.7 Å². The van der Waals surface area contributed by atoms with Gasteiger partial charge in [0.25, 0.3) is 5.69 Å². The molecular weight excluding hydrogens is 577 g/mol. The van der Waals surface area contributed by atoms with E-state index in [1.807, 2.05) is 24.3 Å². The molecule has 0 unspecified atom stereocenters. The van der Waals surface area contributed by atoms with Gasteiger partial charge in [-0.15, -0.1) is 24.0 Å². The zero-order chi connectivity index (χ0) is 29.2. The second-order valence-electron chi connectivity index (χ2n) is 7.86. The van der Waals surface area contributed by atoms with Gasteiger partial charge in [0.15, 0.2) is 0 Å². The highest BCUT2D eigenvalue weighted by Crippen LogP contribution is 2.32. The van der Waals surface area contributed by atoms with Gasteiger partial charge >= 0.3 is 0 Å². The van der Waals surface area contributed by atoms with Crippen LogP contribution in [0.4, 0.5) is 15.8 Å². The highest BCUT2D eigenvalue weighted by atomic mass is 35.5. The van der Waals surface area contributed by atoms with E-state index in [-0.39, 0.29) is 16.5 Å². The fourth-order valence-corrected chi connectivity index (χ4v) is 4.45. The number of nitrogens with zero attached hydrogens (tertiary/aromatic N) is 2. The molecule has 0 aliphatic carbocycles. The summed E-state index contributed by atoms with van der Waals surface area (Å²) >= 11 is 11.2. The Morgan fingerprint density at radius 1 is 0.900 bits per heavy atom. The monoisotopic (exact) mass is 601 g/mol. The summed E-state index contributed by atoms with van der Waals surface area (Å²) in [5.74, 6) is 1.74. The number of ether oxygens (including phenoxy) is 3. The Morgan fingerprint density at radius 3 is 2.08 bits per heavy atom. The van der Waals surface area contributed by atoms with Crippen molar-refractivity contribution in [2.75, 3.05) is 27.1 Å². The summed E-state index contributed by atoms with van der Waals surface area (Å²) in [5.41, 5.74) is 7.87. The van der Waals surface area contributed by atoms with E-state index in [1.54, 1.807) is 55.9 Å². The standard InChI is InChI=1S/C14H10FNOS.C7H6ClNO3.C7H9NOS/c1-17-11-6-7-13-12(8-11)16-14(18-13)9-2-4-10(15)5-3-9;1-12-5-2-3-6(8)7(4-5)9(10)11;1-9-5-2-3-7(10)6(8)4-5/h2-8H,1H3;2-4H,1H3;2-4,10H,8H2,1H3. The lowest BCUT2D eigenvalue weighted by molar-refractivity contribution is -0.384. The Balaban J connectivity index is 0.000000175. The van der Waals surface area contributed by atoms with Gasteiger partial charge in [0, 0.05) is 28.3 Å². The number of fused-ring (bicyclic) bond motifs is 1. The predicted molar refractivity (Wildman–Crippen MR) is 161 cm³/mol. The lowest BCUT2D eigenvalue weighted by Gasteiger charge is -2.01. The molecule has 2 N–H and O–H groups in total. The summed E-state index contributed by atoms with van der Waals surface area (Å²) in [6, 6.07) is 21.8. The summed E-state index contributed by atoms with van der Waals surface area (Å²) < 4.78 is 28.9. The molecule has 0 bridgehead atoms. The molecule has 1 heterocycles. The van der Waals surface area contributed by atoms with Crippen LogP contribution in [0.1, 0.15) is 0 Å². The molecule has 208 valence electrons. The molecule has 5 rings (SSSR count). The summed E-state index contributed by atoms with van der Waals surface area (Å²) in [4.78, 5) is 15.1. The van der Waals surface area contributed by atoms with E-state index in [4.69, 9.17) is 31.5 Å². The van der Waals surface area contributed by atoms with Crippen molar-refractivity contribution in [3.05, 3.63) is 99.8 Å². The molecule has 0 radical (unpaired) electrons. The summed E-state index contributed by atoms with van der Waals surface area (Å²) in [5, 5.41) is 11.4. The van der Waals surface area contributed by atoms with Gasteiger partial charge in [-0.25, -0.2) is 9.37 Å². The first-order valence-electron chi connectivity index (χ1n) is 11.5. The molecule has 0 atom stereocenters. The van der Waals surface area contributed by atoms with Crippen molar-refractivity contribution in [1.29, 1.82) is 0 Å². The molecule has 1 aromatic heterocycles. The Bertz CT molecular complexity index is 1600. The smallest absolute Gasteiger partial charge is 0.291 e. The van der Waals surface area contributed by atoms with Crippen molar-refractivity contribution in [2.24, 2.45) is 0 Å². The van der Waals surface area contributed by atoms with Crippen LogP contribution in [0.5, 0.6) is 17.2 Å². The molecule has 0 aliphatic rings. The van der Waals surface area contributed by atoms with E-state index >= 15 is 0 Å². The molecule has 0 saturated heterocycles. The average Bonchev–Trinajstić information content (AvgIpc) is 3.39. The lowest BCUT2D eigenvalue weighted by atomic mass is 10.2. The first-order chi connectivity index (χ1) is 19.1. The third kappa shape index (κ3) is 8.22. The fourth-order valence-electron chi connectivity index (χ4n) is 3.17. The van der Waals surface area contributed by atoms with E-state index in [9.17, 15) is 14.5 Å². The molecular formula is C28H25ClFN3O5S2. The minimum Gasteiger partial charge on any atom is -0.497 e. The van der Waals surface area contributed by atoms with Crippen LogP contribution in [-0.4, -0.2) is 31.2 Å². The number of nitro groups is 1. The summed E-state index contributed by atoms with van der Waals surface area (Å²) in [6.45, 7) is 0. The number of rotatable bonds is 5. The maximum Gasteiger partial charge on any atom is 0.291 e. The number of nitrogen functional groups attached to an aromatic ring is 1. The van der Waals surface area contributed by atoms with E-state index in [1.165, 1.54) is 31.4 Å². The van der Waals surface area contributed by atoms with Gasteiger partial charge in [-0.1, -0.05) is 11.6 Å². The number of aromatic nitrogens is 1. The van der Waals surface area contributed by atoms with Crippen LogP contribution in [0.25, 0.3) is 20.8 Å². The first kappa shape index (κ1) is 30.5. The summed E-state index contributed by atoms with van der Waals surface area (Å²) in [6.07, 6.45) is 0. The second-order valence-corrected chi connectivity index (χ2v) is 9.78. The number of nitro benzene ring substituents is 1. The fraction of sp³-hybridized carbons (Fsp3) is 0.107. The largest absolute Gasteiger partial charge is 0.497 e. The SMILES string of the molecule is COc1ccc(Cl)c([N+](=O)[O-])c1.COc1ccc(S)c(N)c1.COc1ccc2sc(-c3ccc(F)cc3)nc2c1. The highest BCUT2D eigenvalue weighted by molar-refractivity contribution is 7.80. The number of thiazole rings is 1. The molecule has 4 aromatic carbocycles. The normalized spacial score (nSPS) is 10.1. The van der Waals surface area contributed by atoms with Crippen molar-refractivity contribution >= 4 is 57.2 Å². The first-order valence-corrected chi connectivity index (χ1v) is 13.1. The van der Waals surface area contributed by atoms with Gasteiger partial charge in [0.2, 0.25) is 0 Å². The molecule has 40 heavy (non-hydrogen) atoms. The molecule has 0 amide bonds. The summed E-state index contributed by atoms with van der Waals surface area (Å²) in [7, 11) is 4.67. The van der Waals surface area contributed by atoms with Crippen LogP contribution >= 0.6 is 35.6 Å². The van der Waals surface area contributed by atoms with E-state index in [0.29, 0.717) is 11.4 Å². The predicted octanol–water partition coefficient (Wildman–Crippen LogP) is 7.93. The number of halogens is 2. The zero-order valence-corrected chi connectivity index (χ0v) is 24.1. The van der Waals surface area contributed by atoms with E-state index in [2.05, 4.69) is 17.6 Å². The Morgan fingerprint density at radius 2 is 1.48 bits per heavy atom. The topological polar surface area (TPSA) is 110 Å². The Kier molecular flexibility index (Phi) is 10.9. The Hall–Kier alpha value is -4.06. The van der Waals surface area contributed by atoms with Crippen LogP contribution < -0.4 is 19.9 Å². The molecule has 0 fully saturated rings. The molecule has 5 aromatic rings. The van der Waals surface area contributed by atoms with Crippen molar-refractivity contribution < 1.29 is 23.5 Å². The van der Waals surface area contributed by atoms with Crippen molar-refractivity contribution in [3.8, 4) is 27.8 Å². The lowest BCUT2D eigenvalue weighted by Crippen LogP contribution is -1.90. The minimum atomic E-state index is -0.551. The zero-order valence-electron chi connectivity index (χ0n) is 21.6. The van der Waals surface area contributed by atoms with Gasteiger partial charge in [-0.3, -0.25) is 10.1 Å². The number of methoxy groups -OCH3 is 3. The van der Waals surface area contributed by atoms with Crippen LogP contribution in [-0.2, 0) is 0 Å². The third-order valence-electron chi connectivity index (χ3n) is 5.27. The number of thiol groups is 1. The van der Waals surface area contributed by atoms with Crippen LogP contribution in [0.15, 0.2) is 83.8 Å². The third-order valence-corrected chi connectivity index (χ3v) is 7.08. The quantitative estimate of drug-likeness (QED) is 0.0910. The number of anilines is 1. The maximum atomic E-state index is 12.9. The number of nitrogens with two attached hydrogens (primary N) is 1. The van der Waals surface area contributed by atoms with E-state index < -0.39 is 4.92 Å². The van der Waals surface area contributed by atoms with Crippen LogP contribution in [0.3, 0.4) is 0 Å². The molecule has 12 heteroatoms. The molecule has 0 saturated carbocycles. The minimum absolute atomic E-state index is 0.112. The van der Waals surface area contributed by atoms with Crippen molar-refractivity contribution in [1.82, 2.24) is 4.98 Å². The van der Waals surface area contributed by atoms with Crippen LogP contribution in [0.2, 0.25) is 5.02 Å². The molecule has 0 aliphatic heterocycles.